The molecule has 2 aromatic rings. The number of furan rings is 1. The van der Waals surface area contributed by atoms with Crippen LogP contribution >= 0.6 is 24.8 Å². The van der Waals surface area contributed by atoms with Crippen LogP contribution in [0.2, 0.25) is 0 Å². The van der Waals surface area contributed by atoms with E-state index in [0.717, 1.165) is 18.4 Å². The lowest BCUT2D eigenvalue weighted by Crippen LogP contribution is -2.54. The number of rotatable bonds is 3. The van der Waals surface area contributed by atoms with Gasteiger partial charge in [-0.05, 0) is 42.9 Å². The van der Waals surface area contributed by atoms with Gasteiger partial charge in [0.1, 0.15) is 0 Å². The molecule has 7 heteroatoms. The molecule has 0 radical (unpaired) electrons. The number of carbonyl (C=O) groups excluding carboxylic acids is 1. The fourth-order valence-electron chi connectivity index (χ4n) is 4.39. The molecule has 1 amide bonds. The predicted molar refractivity (Wildman–Crippen MR) is 121 cm³/mol. The number of anilines is 1. The van der Waals surface area contributed by atoms with Gasteiger partial charge in [0.2, 0.25) is 0 Å². The maximum atomic E-state index is 13.1. The van der Waals surface area contributed by atoms with Crippen molar-refractivity contribution < 1.29 is 9.21 Å². The van der Waals surface area contributed by atoms with E-state index in [9.17, 15) is 4.79 Å². The van der Waals surface area contributed by atoms with Crippen LogP contribution in [0.3, 0.4) is 0 Å². The molecule has 2 atom stereocenters. The van der Waals surface area contributed by atoms with E-state index < -0.39 is 0 Å². The number of para-hydroxylation sites is 1. The highest BCUT2D eigenvalue weighted by Gasteiger charge is 2.37. The topological polar surface area (TPSA) is 62.7 Å². The molecule has 3 heterocycles. The van der Waals surface area contributed by atoms with Crippen molar-refractivity contribution in [2.75, 3.05) is 18.0 Å². The first kappa shape index (κ1) is 23.6. The second kappa shape index (κ2) is 8.99. The molecule has 2 unspecified atom stereocenters. The third-order valence-electron chi connectivity index (χ3n) is 6.23. The van der Waals surface area contributed by atoms with Crippen LogP contribution in [0.4, 0.5) is 5.69 Å². The number of nitrogens with two attached hydrogens (primary N) is 1. The SMILES string of the molecule is CC1Cc2ccccc2N1Cc1ccoc1C(=O)N1CCC(N)C(C)(C)C1.Cl.Cl. The van der Waals surface area contributed by atoms with E-state index in [1.807, 2.05) is 11.0 Å². The third-order valence-corrected chi connectivity index (χ3v) is 6.23. The number of nitrogens with zero attached hydrogens (tertiary/aromatic N) is 2. The average Bonchev–Trinajstić information content (AvgIpc) is 3.22. The van der Waals surface area contributed by atoms with E-state index in [1.54, 1.807) is 6.26 Å². The number of amides is 1. The minimum atomic E-state index is -0.0803. The minimum absolute atomic E-state index is 0. The fraction of sp³-hybridized carbons (Fsp3) is 0.500. The molecule has 5 nitrogen and oxygen atoms in total. The Hall–Kier alpha value is -1.69. The average molecular weight is 440 g/mol. The molecule has 2 N–H and O–H groups in total. The number of hydrogen-bond acceptors (Lipinski definition) is 4. The summed E-state index contributed by atoms with van der Waals surface area (Å²) >= 11 is 0. The molecule has 1 aromatic heterocycles. The van der Waals surface area contributed by atoms with Gasteiger partial charge in [0, 0.05) is 43.0 Å². The lowest BCUT2D eigenvalue weighted by atomic mass is 9.79. The van der Waals surface area contributed by atoms with E-state index in [2.05, 4.69) is 49.9 Å². The van der Waals surface area contributed by atoms with Crippen molar-refractivity contribution in [1.82, 2.24) is 4.90 Å². The Morgan fingerprint density at radius 1 is 1.24 bits per heavy atom. The molecule has 29 heavy (non-hydrogen) atoms. The molecule has 2 aliphatic heterocycles. The molecule has 1 fully saturated rings. The van der Waals surface area contributed by atoms with Crippen molar-refractivity contribution in [3.63, 3.8) is 0 Å². The largest absolute Gasteiger partial charge is 0.459 e. The molecule has 4 rings (SSSR count). The van der Waals surface area contributed by atoms with Gasteiger partial charge in [-0.25, -0.2) is 0 Å². The molecule has 0 bridgehead atoms. The van der Waals surface area contributed by atoms with Crippen LogP contribution in [-0.2, 0) is 13.0 Å². The number of halogens is 2. The third kappa shape index (κ3) is 4.42. The number of carbonyl (C=O) groups is 1. The van der Waals surface area contributed by atoms with Gasteiger partial charge in [0.25, 0.3) is 5.91 Å². The molecule has 0 spiro atoms. The highest BCUT2D eigenvalue weighted by atomic mass is 35.5. The molecule has 1 aromatic carbocycles. The van der Waals surface area contributed by atoms with Crippen molar-refractivity contribution in [1.29, 1.82) is 0 Å². The zero-order valence-corrected chi connectivity index (χ0v) is 18.9. The summed E-state index contributed by atoms with van der Waals surface area (Å²) in [5.41, 5.74) is 9.73. The Labute approximate surface area is 185 Å². The Morgan fingerprint density at radius 3 is 2.69 bits per heavy atom. The predicted octanol–water partition coefficient (Wildman–Crippen LogP) is 4.27. The number of fused-ring (bicyclic) bond motifs is 1. The number of hydrogen-bond donors (Lipinski definition) is 1. The fourth-order valence-corrected chi connectivity index (χ4v) is 4.39. The highest BCUT2D eigenvalue weighted by molar-refractivity contribution is 5.93. The van der Waals surface area contributed by atoms with Gasteiger partial charge in [0.05, 0.1) is 6.26 Å². The normalized spacial score (nSPS) is 22.5. The first-order valence-corrected chi connectivity index (χ1v) is 9.82. The van der Waals surface area contributed by atoms with E-state index in [1.165, 1.54) is 11.3 Å². The molecular formula is C22H31Cl2N3O2. The summed E-state index contributed by atoms with van der Waals surface area (Å²) in [5, 5.41) is 0. The van der Waals surface area contributed by atoms with E-state index in [-0.39, 0.29) is 42.2 Å². The van der Waals surface area contributed by atoms with E-state index in [0.29, 0.717) is 31.4 Å². The van der Waals surface area contributed by atoms with Crippen molar-refractivity contribution in [3.8, 4) is 0 Å². The van der Waals surface area contributed by atoms with E-state index >= 15 is 0 Å². The van der Waals surface area contributed by atoms with Crippen LogP contribution in [0.15, 0.2) is 41.0 Å². The molecule has 160 valence electrons. The summed E-state index contributed by atoms with van der Waals surface area (Å²) in [4.78, 5) is 17.4. The highest BCUT2D eigenvalue weighted by Crippen LogP contribution is 2.34. The standard InChI is InChI=1S/C22H29N3O2.2ClH/c1-15-12-16-6-4-5-7-18(16)25(15)13-17-9-11-27-20(17)21(26)24-10-8-19(23)22(2,3)14-24;;/h4-7,9,11,15,19H,8,10,12-14,23H2,1-3H3;2*1H. The maximum absolute atomic E-state index is 13.1. The molecule has 2 aliphatic rings. The molecule has 0 saturated carbocycles. The summed E-state index contributed by atoms with van der Waals surface area (Å²) < 4.78 is 5.66. The van der Waals surface area contributed by atoms with Crippen LogP contribution in [0, 0.1) is 5.41 Å². The smallest absolute Gasteiger partial charge is 0.289 e. The summed E-state index contributed by atoms with van der Waals surface area (Å²) in [6, 6.07) is 11.0. The summed E-state index contributed by atoms with van der Waals surface area (Å²) in [5.74, 6) is 0.452. The second-order valence-electron chi connectivity index (χ2n) is 8.70. The van der Waals surface area contributed by atoms with Crippen LogP contribution in [0.5, 0.6) is 0 Å². The van der Waals surface area contributed by atoms with Crippen LogP contribution < -0.4 is 10.6 Å². The van der Waals surface area contributed by atoms with Gasteiger partial charge in [-0.1, -0.05) is 32.0 Å². The lowest BCUT2D eigenvalue weighted by molar-refractivity contribution is 0.0502. The Balaban J connectivity index is 0.00000150. The van der Waals surface area contributed by atoms with Crippen molar-refractivity contribution >= 4 is 36.4 Å². The molecule has 1 saturated heterocycles. The van der Waals surface area contributed by atoms with Gasteiger partial charge >= 0.3 is 0 Å². The van der Waals surface area contributed by atoms with Gasteiger partial charge in [0.15, 0.2) is 5.76 Å². The zero-order chi connectivity index (χ0) is 19.2. The van der Waals surface area contributed by atoms with Gasteiger partial charge in [-0.3, -0.25) is 4.79 Å². The van der Waals surface area contributed by atoms with Crippen molar-refractivity contribution in [3.05, 3.63) is 53.5 Å². The zero-order valence-electron chi connectivity index (χ0n) is 17.3. The number of benzene rings is 1. The summed E-state index contributed by atoms with van der Waals surface area (Å²) in [6.45, 7) is 8.53. The minimum Gasteiger partial charge on any atom is -0.459 e. The second-order valence-corrected chi connectivity index (χ2v) is 8.70. The van der Waals surface area contributed by atoms with Crippen molar-refractivity contribution in [2.24, 2.45) is 11.1 Å². The van der Waals surface area contributed by atoms with E-state index in [4.69, 9.17) is 10.2 Å². The van der Waals surface area contributed by atoms with Crippen LogP contribution in [-0.4, -0.2) is 36.0 Å². The van der Waals surface area contributed by atoms with Gasteiger partial charge in [-0.2, -0.15) is 0 Å². The summed E-state index contributed by atoms with van der Waals surface area (Å²) in [6.07, 6.45) is 3.50. The number of piperidine rings is 1. The van der Waals surface area contributed by atoms with Gasteiger partial charge in [-0.15, -0.1) is 24.8 Å². The molecule has 0 aliphatic carbocycles. The van der Waals surface area contributed by atoms with Crippen LogP contribution in [0.25, 0.3) is 0 Å². The first-order chi connectivity index (χ1) is 12.9. The number of likely N-dealkylation sites (tertiary alicyclic amines) is 1. The first-order valence-electron chi connectivity index (χ1n) is 9.82. The summed E-state index contributed by atoms with van der Waals surface area (Å²) in [7, 11) is 0. The Kier molecular flexibility index (Phi) is 7.31. The quantitative estimate of drug-likeness (QED) is 0.774. The van der Waals surface area contributed by atoms with Crippen molar-refractivity contribution in [2.45, 2.75) is 52.2 Å². The van der Waals surface area contributed by atoms with Crippen LogP contribution in [0.1, 0.15) is 48.9 Å². The molecular weight excluding hydrogens is 409 g/mol. The Morgan fingerprint density at radius 2 is 1.97 bits per heavy atom. The lowest BCUT2D eigenvalue weighted by Gasteiger charge is -2.42. The van der Waals surface area contributed by atoms with Gasteiger partial charge < -0.3 is 20.0 Å². The Bertz CT molecular complexity index is 852. The monoisotopic (exact) mass is 439 g/mol. The maximum Gasteiger partial charge on any atom is 0.289 e.